The highest BCUT2D eigenvalue weighted by atomic mass is 35.5. The largest absolute Gasteiger partial charge is 0.493 e. The van der Waals surface area contributed by atoms with Crippen LogP contribution < -0.4 is 9.47 Å². The van der Waals surface area contributed by atoms with Crippen molar-refractivity contribution >= 4 is 17.5 Å². The molecule has 1 unspecified atom stereocenters. The van der Waals surface area contributed by atoms with Crippen molar-refractivity contribution in [2.45, 2.75) is 6.10 Å². The number of hydrogen-bond donors (Lipinski definition) is 1. The number of methoxy groups -OCH3 is 2. The van der Waals surface area contributed by atoms with Crippen LogP contribution in [-0.4, -0.2) is 43.7 Å². The third-order valence-corrected chi connectivity index (χ3v) is 3.89. The predicted molar refractivity (Wildman–Crippen MR) is 92.9 cm³/mol. The maximum absolute atomic E-state index is 12.4. The minimum absolute atomic E-state index is 0.140. The average molecular weight is 350 g/mol. The van der Waals surface area contributed by atoms with Gasteiger partial charge in [-0.25, -0.2) is 0 Å². The fourth-order valence-electron chi connectivity index (χ4n) is 2.35. The highest BCUT2D eigenvalue weighted by molar-refractivity contribution is 6.30. The molecule has 0 aliphatic heterocycles. The van der Waals surface area contributed by atoms with E-state index in [1.165, 1.54) is 12.0 Å². The van der Waals surface area contributed by atoms with Gasteiger partial charge in [-0.05, 0) is 35.9 Å². The quantitative estimate of drug-likeness (QED) is 0.870. The molecule has 0 aliphatic carbocycles. The number of halogens is 1. The second-order valence-electron chi connectivity index (χ2n) is 5.33. The molecule has 0 saturated heterocycles. The van der Waals surface area contributed by atoms with Gasteiger partial charge in [0.2, 0.25) is 0 Å². The number of aliphatic hydroxyl groups is 1. The van der Waals surface area contributed by atoms with E-state index in [-0.39, 0.29) is 12.5 Å². The average Bonchev–Trinajstić information content (AvgIpc) is 2.60. The highest BCUT2D eigenvalue weighted by Crippen LogP contribution is 2.30. The summed E-state index contributed by atoms with van der Waals surface area (Å²) >= 11 is 5.91. The van der Waals surface area contributed by atoms with Gasteiger partial charge in [-0.3, -0.25) is 4.79 Å². The summed E-state index contributed by atoms with van der Waals surface area (Å²) in [4.78, 5) is 13.9. The maximum Gasteiger partial charge on any atom is 0.253 e. The van der Waals surface area contributed by atoms with E-state index in [4.69, 9.17) is 21.1 Å². The van der Waals surface area contributed by atoms with Gasteiger partial charge in [-0.15, -0.1) is 0 Å². The molecule has 0 heterocycles. The summed E-state index contributed by atoms with van der Waals surface area (Å²) in [5, 5.41) is 10.9. The summed E-state index contributed by atoms with van der Waals surface area (Å²) < 4.78 is 10.4. The fraction of sp³-hybridized carbons (Fsp3) is 0.278. The number of carbonyl (C=O) groups excluding carboxylic acids is 1. The molecule has 0 spiro atoms. The number of aliphatic hydroxyl groups excluding tert-OH is 1. The number of benzene rings is 2. The minimum atomic E-state index is -0.849. The van der Waals surface area contributed by atoms with Gasteiger partial charge in [0.05, 0.1) is 26.9 Å². The van der Waals surface area contributed by atoms with Crippen LogP contribution in [0.25, 0.3) is 0 Å². The van der Waals surface area contributed by atoms with Crippen molar-refractivity contribution < 1.29 is 19.4 Å². The van der Waals surface area contributed by atoms with Gasteiger partial charge in [-0.2, -0.15) is 0 Å². The van der Waals surface area contributed by atoms with Crippen LogP contribution in [0, 0.1) is 0 Å². The number of carbonyl (C=O) groups is 1. The van der Waals surface area contributed by atoms with Gasteiger partial charge in [0.25, 0.3) is 5.91 Å². The van der Waals surface area contributed by atoms with E-state index >= 15 is 0 Å². The Bertz CT molecular complexity index is 720. The Labute approximate surface area is 146 Å². The third kappa shape index (κ3) is 4.19. The molecule has 24 heavy (non-hydrogen) atoms. The van der Waals surface area contributed by atoms with Crippen LogP contribution in [0.1, 0.15) is 22.0 Å². The molecule has 0 bridgehead atoms. The molecule has 0 saturated carbocycles. The molecule has 1 N–H and O–H groups in total. The Morgan fingerprint density at radius 1 is 1.17 bits per heavy atom. The molecule has 0 radical (unpaired) electrons. The topological polar surface area (TPSA) is 59.0 Å². The molecule has 2 aromatic carbocycles. The summed E-state index contributed by atoms with van der Waals surface area (Å²) in [6, 6.07) is 11.9. The van der Waals surface area contributed by atoms with Crippen molar-refractivity contribution in [3.05, 3.63) is 58.6 Å². The first kappa shape index (κ1) is 18.1. The van der Waals surface area contributed by atoms with Crippen molar-refractivity contribution in [3.8, 4) is 11.5 Å². The molecule has 0 aliphatic rings. The van der Waals surface area contributed by atoms with Gasteiger partial charge in [0.15, 0.2) is 11.5 Å². The van der Waals surface area contributed by atoms with Crippen molar-refractivity contribution in [1.82, 2.24) is 4.90 Å². The molecule has 0 fully saturated rings. The Balaban J connectivity index is 2.11. The molecule has 2 aromatic rings. The van der Waals surface area contributed by atoms with Crippen LogP contribution in [-0.2, 0) is 0 Å². The number of hydrogen-bond acceptors (Lipinski definition) is 4. The highest BCUT2D eigenvalue weighted by Gasteiger charge is 2.18. The first-order valence-corrected chi connectivity index (χ1v) is 7.75. The molecule has 1 atom stereocenters. The lowest BCUT2D eigenvalue weighted by Crippen LogP contribution is -2.31. The number of nitrogens with zero attached hydrogens (tertiary/aromatic N) is 1. The predicted octanol–water partition coefficient (Wildman–Crippen LogP) is 3.16. The van der Waals surface area contributed by atoms with E-state index in [1.54, 1.807) is 56.6 Å². The summed E-state index contributed by atoms with van der Waals surface area (Å²) in [6.45, 7) is 0.140. The Hall–Kier alpha value is -2.24. The van der Waals surface area contributed by atoms with E-state index in [0.717, 1.165) is 0 Å². The van der Waals surface area contributed by atoms with Crippen LogP contribution in [0.5, 0.6) is 11.5 Å². The molecule has 2 rings (SSSR count). The lowest BCUT2D eigenvalue weighted by molar-refractivity contribution is 0.0680. The number of rotatable bonds is 6. The molecule has 5 nitrogen and oxygen atoms in total. The van der Waals surface area contributed by atoms with Crippen molar-refractivity contribution in [2.24, 2.45) is 0 Å². The Morgan fingerprint density at radius 2 is 1.88 bits per heavy atom. The fourth-order valence-corrected chi connectivity index (χ4v) is 2.54. The normalized spacial score (nSPS) is 11.7. The molecular formula is C18H20ClNO4. The van der Waals surface area contributed by atoms with E-state index in [9.17, 15) is 9.90 Å². The standard InChI is InChI=1S/C18H20ClNO4/c1-20(18(22)13-5-4-6-14(19)9-13)11-15(21)12-7-8-16(23-2)17(10-12)24-3/h4-10,15,21H,11H2,1-3H3. The minimum Gasteiger partial charge on any atom is -0.493 e. The monoisotopic (exact) mass is 349 g/mol. The van der Waals surface area contributed by atoms with E-state index in [0.29, 0.717) is 27.6 Å². The number of ether oxygens (including phenoxy) is 2. The van der Waals surface area contributed by atoms with E-state index < -0.39 is 6.10 Å². The van der Waals surface area contributed by atoms with Crippen molar-refractivity contribution in [1.29, 1.82) is 0 Å². The van der Waals surface area contributed by atoms with Crippen molar-refractivity contribution in [3.63, 3.8) is 0 Å². The second kappa shape index (κ2) is 8.04. The van der Waals surface area contributed by atoms with Gasteiger partial charge in [-0.1, -0.05) is 23.7 Å². The summed E-state index contributed by atoms with van der Waals surface area (Å²) in [6.07, 6.45) is -0.849. The smallest absolute Gasteiger partial charge is 0.253 e. The van der Waals surface area contributed by atoms with Gasteiger partial charge in [0, 0.05) is 17.6 Å². The van der Waals surface area contributed by atoms with Crippen LogP contribution >= 0.6 is 11.6 Å². The summed E-state index contributed by atoms with van der Waals surface area (Å²) in [7, 11) is 4.71. The number of amides is 1. The zero-order valence-corrected chi connectivity index (χ0v) is 14.6. The van der Waals surface area contributed by atoms with Gasteiger partial charge >= 0.3 is 0 Å². The number of likely N-dealkylation sites (N-methyl/N-ethyl adjacent to an activating group) is 1. The van der Waals surface area contributed by atoms with Crippen molar-refractivity contribution in [2.75, 3.05) is 27.8 Å². The molecule has 0 aromatic heterocycles. The molecule has 6 heteroatoms. The first-order valence-electron chi connectivity index (χ1n) is 7.37. The SMILES string of the molecule is COc1ccc(C(O)CN(C)C(=O)c2cccc(Cl)c2)cc1OC. The molecule has 128 valence electrons. The molecular weight excluding hydrogens is 330 g/mol. The van der Waals surface area contributed by atoms with E-state index in [2.05, 4.69) is 0 Å². The van der Waals surface area contributed by atoms with Crippen LogP contribution in [0.4, 0.5) is 0 Å². The van der Waals surface area contributed by atoms with Crippen LogP contribution in [0.15, 0.2) is 42.5 Å². The summed E-state index contributed by atoms with van der Waals surface area (Å²) in [5.41, 5.74) is 1.11. The van der Waals surface area contributed by atoms with Gasteiger partial charge in [0.1, 0.15) is 0 Å². The van der Waals surface area contributed by atoms with E-state index in [1.807, 2.05) is 0 Å². The van der Waals surface area contributed by atoms with Crippen LogP contribution in [0.2, 0.25) is 5.02 Å². The first-order chi connectivity index (χ1) is 11.5. The zero-order valence-electron chi connectivity index (χ0n) is 13.8. The lowest BCUT2D eigenvalue weighted by atomic mass is 10.1. The third-order valence-electron chi connectivity index (χ3n) is 3.66. The lowest BCUT2D eigenvalue weighted by Gasteiger charge is -2.22. The second-order valence-corrected chi connectivity index (χ2v) is 5.76. The zero-order chi connectivity index (χ0) is 17.7. The molecule has 1 amide bonds. The Morgan fingerprint density at radius 3 is 2.50 bits per heavy atom. The van der Waals surface area contributed by atoms with Gasteiger partial charge < -0.3 is 19.5 Å². The van der Waals surface area contributed by atoms with Crippen LogP contribution in [0.3, 0.4) is 0 Å². The maximum atomic E-state index is 12.4. The Kier molecular flexibility index (Phi) is 6.06. The summed E-state index contributed by atoms with van der Waals surface area (Å²) in [5.74, 6) is 0.895.